The minimum Gasteiger partial charge on any atom is -0.497 e. The van der Waals surface area contributed by atoms with Crippen LogP contribution >= 0.6 is 0 Å². The van der Waals surface area contributed by atoms with E-state index < -0.39 is 64.6 Å². The fourth-order valence-electron chi connectivity index (χ4n) is 6.77. The number of carbonyl (C=O) groups is 4. The average molecular weight is 1050 g/mol. The van der Waals surface area contributed by atoms with Crippen molar-refractivity contribution in [3.8, 4) is 39.9 Å². The van der Waals surface area contributed by atoms with Gasteiger partial charge in [0.05, 0.1) is 53.7 Å². The van der Waals surface area contributed by atoms with Crippen LogP contribution in [0.3, 0.4) is 0 Å². The SMILES string of the molecule is COC(=O)C(Cc1cccc(-c2c(OC)cccc2OC)c1)NC(=O)OC(C)(C)C.COC(=O)C(Cc1cccc(OS(=O)(=O)c2ccc(C)cc2)c1)NC(=O)OC(C)(C)C.COc1cccc(OC)c1B(O)O. The van der Waals surface area contributed by atoms with Gasteiger partial charge in [0, 0.05) is 12.8 Å². The first-order valence-electron chi connectivity index (χ1n) is 22.9. The Morgan fingerprint density at radius 2 is 0.973 bits per heavy atom. The second kappa shape index (κ2) is 28.1. The fraction of sp³-hybridized carbons (Fsp3) is 0.358. The molecule has 0 fully saturated rings. The molecule has 0 aliphatic rings. The highest BCUT2D eigenvalue weighted by Crippen LogP contribution is 2.38. The maximum absolute atomic E-state index is 12.5. The number of ether oxygens (including phenoxy) is 8. The second-order valence-electron chi connectivity index (χ2n) is 18.0. The van der Waals surface area contributed by atoms with Crippen molar-refractivity contribution >= 4 is 46.8 Å². The highest BCUT2D eigenvalue weighted by atomic mass is 32.2. The molecule has 2 unspecified atom stereocenters. The summed E-state index contributed by atoms with van der Waals surface area (Å²) in [6.07, 6.45) is -1.16. The molecule has 19 nitrogen and oxygen atoms in total. The van der Waals surface area contributed by atoms with E-state index in [2.05, 4.69) is 10.6 Å². The molecule has 0 heterocycles. The van der Waals surface area contributed by atoms with E-state index in [4.69, 9.17) is 52.1 Å². The molecular weight excluding hydrogens is 979 g/mol. The van der Waals surface area contributed by atoms with E-state index in [-0.39, 0.29) is 28.9 Å². The summed E-state index contributed by atoms with van der Waals surface area (Å²) in [7, 11) is 2.99. The van der Waals surface area contributed by atoms with Gasteiger partial charge in [-0.25, -0.2) is 19.2 Å². The molecule has 5 aromatic rings. The van der Waals surface area contributed by atoms with Crippen LogP contribution < -0.4 is 39.2 Å². The van der Waals surface area contributed by atoms with Crippen LogP contribution in [0.2, 0.25) is 0 Å². The van der Waals surface area contributed by atoms with E-state index in [0.717, 1.165) is 22.3 Å². The van der Waals surface area contributed by atoms with Crippen LogP contribution in [0.5, 0.6) is 28.7 Å². The lowest BCUT2D eigenvalue weighted by atomic mass is 9.78. The van der Waals surface area contributed by atoms with Crippen LogP contribution in [0.4, 0.5) is 9.59 Å². The summed E-state index contributed by atoms with van der Waals surface area (Å²) in [4.78, 5) is 48.6. The van der Waals surface area contributed by atoms with E-state index in [1.54, 1.807) is 98.2 Å². The number of nitrogens with one attached hydrogen (secondary N) is 2. The highest BCUT2D eigenvalue weighted by molar-refractivity contribution is 7.87. The van der Waals surface area contributed by atoms with Gasteiger partial charge in [0.25, 0.3) is 0 Å². The average Bonchev–Trinajstić information content (AvgIpc) is 3.34. The normalized spacial score (nSPS) is 11.8. The zero-order valence-corrected chi connectivity index (χ0v) is 44.8. The first-order chi connectivity index (χ1) is 34.8. The summed E-state index contributed by atoms with van der Waals surface area (Å²) in [6.45, 7) is 12.2. The minimum atomic E-state index is -4.02. The minimum absolute atomic E-state index is 0.0301. The lowest BCUT2D eigenvalue weighted by Gasteiger charge is -2.23. The van der Waals surface area contributed by atoms with E-state index in [1.165, 1.54) is 52.7 Å². The highest BCUT2D eigenvalue weighted by Gasteiger charge is 2.28. The molecule has 2 atom stereocenters. The molecule has 400 valence electrons. The molecule has 74 heavy (non-hydrogen) atoms. The van der Waals surface area contributed by atoms with Gasteiger partial charge in [0.1, 0.15) is 56.9 Å². The molecule has 0 saturated heterocycles. The summed E-state index contributed by atoms with van der Waals surface area (Å²) in [6, 6.07) is 28.8. The fourth-order valence-corrected chi connectivity index (χ4v) is 7.69. The van der Waals surface area contributed by atoms with Crippen LogP contribution in [0, 0.1) is 6.92 Å². The maximum atomic E-state index is 12.5. The van der Waals surface area contributed by atoms with E-state index >= 15 is 0 Å². The van der Waals surface area contributed by atoms with E-state index in [9.17, 15) is 27.6 Å². The molecule has 0 aliphatic heterocycles. The number of benzene rings is 5. The number of esters is 2. The zero-order chi connectivity index (χ0) is 55.4. The second-order valence-corrected chi connectivity index (χ2v) is 19.6. The van der Waals surface area contributed by atoms with Crippen molar-refractivity contribution in [2.75, 3.05) is 42.7 Å². The molecule has 0 aromatic heterocycles. The molecule has 5 aromatic carbocycles. The molecule has 4 N–H and O–H groups in total. The summed E-state index contributed by atoms with van der Waals surface area (Å²) in [5.74, 6) is 0.999. The molecule has 0 bridgehead atoms. The Hall–Kier alpha value is -7.49. The van der Waals surface area contributed by atoms with Gasteiger partial charge in [-0.1, -0.05) is 66.2 Å². The number of aryl methyl sites for hydroxylation is 1. The van der Waals surface area contributed by atoms with Gasteiger partial charge in [-0.3, -0.25) is 0 Å². The van der Waals surface area contributed by atoms with Gasteiger partial charge in [-0.2, -0.15) is 8.42 Å². The zero-order valence-electron chi connectivity index (χ0n) is 44.0. The van der Waals surface area contributed by atoms with E-state index in [1.807, 2.05) is 49.4 Å². The van der Waals surface area contributed by atoms with Crippen molar-refractivity contribution in [1.29, 1.82) is 0 Å². The summed E-state index contributed by atoms with van der Waals surface area (Å²) >= 11 is 0. The van der Waals surface area contributed by atoms with Crippen LogP contribution in [0.1, 0.15) is 58.2 Å². The van der Waals surface area contributed by atoms with E-state index in [0.29, 0.717) is 28.6 Å². The Kier molecular flexibility index (Phi) is 23.1. The third-order valence-electron chi connectivity index (χ3n) is 10.0. The van der Waals surface area contributed by atoms with Crippen molar-refractivity contribution in [1.82, 2.24) is 10.6 Å². The third-order valence-corrected chi connectivity index (χ3v) is 11.3. The van der Waals surface area contributed by atoms with Crippen molar-refractivity contribution in [3.05, 3.63) is 126 Å². The number of rotatable bonds is 17. The number of methoxy groups -OCH3 is 6. The van der Waals surface area contributed by atoms with Gasteiger partial charge < -0.3 is 62.8 Å². The number of alkyl carbamates (subject to hydrolysis) is 2. The van der Waals surface area contributed by atoms with Gasteiger partial charge in [0.2, 0.25) is 0 Å². The molecule has 0 spiro atoms. The molecule has 0 aliphatic carbocycles. The maximum Gasteiger partial charge on any atom is 0.496 e. The number of hydrogen-bond donors (Lipinski definition) is 4. The first-order valence-corrected chi connectivity index (χ1v) is 24.3. The Labute approximate surface area is 433 Å². The summed E-state index contributed by atoms with van der Waals surface area (Å²) < 4.78 is 71.2. The molecule has 2 amide bonds. The van der Waals surface area contributed by atoms with Crippen molar-refractivity contribution in [2.45, 2.75) is 89.5 Å². The number of hydrogen-bond acceptors (Lipinski definition) is 17. The predicted molar refractivity (Wildman–Crippen MR) is 278 cm³/mol. The topological polar surface area (TPSA) is 250 Å². The lowest BCUT2D eigenvalue weighted by molar-refractivity contribution is -0.143. The molecule has 0 radical (unpaired) electrons. The smallest absolute Gasteiger partial charge is 0.496 e. The molecule has 21 heteroatoms. The number of carbonyl (C=O) groups excluding carboxylic acids is 4. The van der Waals surface area contributed by atoms with Crippen molar-refractivity contribution in [3.63, 3.8) is 0 Å². The monoisotopic (exact) mass is 1050 g/mol. The molecule has 5 rings (SSSR count). The summed E-state index contributed by atoms with van der Waals surface area (Å²) in [5.41, 5.74) is 2.81. The van der Waals surface area contributed by atoms with Crippen LogP contribution in [-0.4, -0.2) is 116 Å². The summed E-state index contributed by atoms with van der Waals surface area (Å²) in [5, 5.41) is 23.2. The van der Waals surface area contributed by atoms with Crippen molar-refractivity contribution in [2.24, 2.45) is 0 Å². The Morgan fingerprint density at radius 3 is 1.38 bits per heavy atom. The van der Waals surface area contributed by atoms with Gasteiger partial charge in [0.15, 0.2) is 0 Å². The van der Waals surface area contributed by atoms with Crippen molar-refractivity contribution < 1.29 is 79.7 Å². The van der Waals surface area contributed by atoms with Gasteiger partial charge in [-0.15, -0.1) is 0 Å². The Morgan fingerprint density at radius 1 is 0.568 bits per heavy atom. The van der Waals surface area contributed by atoms with Crippen LogP contribution in [0.15, 0.2) is 114 Å². The third kappa shape index (κ3) is 19.5. The van der Waals surface area contributed by atoms with Gasteiger partial charge in [-0.05, 0) is 114 Å². The Balaban J connectivity index is 0.000000316. The largest absolute Gasteiger partial charge is 0.497 e. The number of amides is 2. The molecular formula is C53H67BN2O17S. The predicted octanol–water partition coefficient (Wildman–Crippen LogP) is 6.73. The first kappa shape index (κ1) is 60.8. The van der Waals surface area contributed by atoms with Crippen LogP contribution in [0.25, 0.3) is 11.1 Å². The molecule has 0 saturated carbocycles. The Bertz CT molecular complexity index is 2710. The van der Waals surface area contributed by atoms with Gasteiger partial charge >= 0.3 is 41.4 Å². The quantitative estimate of drug-likeness (QED) is 0.0326. The standard InChI is InChI=1S/C23H29NO6.C22H27NO7S.C8H11BO4/c1-23(2,3)30-22(26)24-17(21(25)29-6)14-15-9-7-10-16(13-15)20-18(27-4)11-8-12-19(20)28-5;1-15-9-11-18(12-10-15)31(26,27)30-17-8-6-7-16(13-17)14-19(20(24)28-5)23-21(25)29-22(2,3)4;1-12-6-4-3-5-7(13-2)8(6)9(10)11/h7-13,17H,14H2,1-6H3,(H,24,26);6-13,19H,14H2,1-5H3,(H,23,25);3-5,10-11H,1-2H3. The lowest BCUT2D eigenvalue weighted by Crippen LogP contribution is -2.45. The van der Waals surface area contributed by atoms with Crippen LogP contribution in [-0.2, 0) is 51.5 Å².